The van der Waals surface area contributed by atoms with E-state index in [2.05, 4.69) is 5.43 Å². The first-order chi connectivity index (χ1) is 5.75. The fourth-order valence-electron chi connectivity index (χ4n) is 1.37. The fraction of sp³-hybridized carbons (Fsp3) is 0.875. The standard InChI is InChI=1S/C8H17N3O/c1-10-11(2)8(9)7-3-5-12-6-4-7/h7,9-10H,3-6H2,1-2H3. The van der Waals surface area contributed by atoms with Gasteiger partial charge in [-0.05, 0) is 12.8 Å². The second-order valence-corrected chi connectivity index (χ2v) is 3.05. The zero-order valence-electron chi connectivity index (χ0n) is 7.76. The lowest BCUT2D eigenvalue weighted by Gasteiger charge is -2.28. The maximum atomic E-state index is 7.80. The fourth-order valence-corrected chi connectivity index (χ4v) is 1.37. The summed E-state index contributed by atoms with van der Waals surface area (Å²) in [5.74, 6) is 1.04. The van der Waals surface area contributed by atoms with Crippen molar-refractivity contribution in [2.45, 2.75) is 12.8 Å². The van der Waals surface area contributed by atoms with E-state index in [-0.39, 0.29) is 0 Å². The maximum absolute atomic E-state index is 7.80. The van der Waals surface area contributed by atoms with E-state index in [0.717, 1.165) is 26.1 Å². The molecule has 0 bridgehead atoms. The second-order valence-electron chi connectivity index (χ2n) is 3.05. The average Bonchev–Trinajstić information content (AvgIpc) is 2.17. The Morgan fingerprint density at radius 2 is 2.08 bits per heavy atom. The van der Waals surface area contributed by atoms with Gasteiger partial charge >= 0.3 is 0 Å². The Morgan fingerprint density at radius 1 is 1.50 bits per heavy atom. The van der Waals surface area contributed by atoms with Crippen molar-refractivity contribution in [1.82, 2.24) is 10.4 Å². The lowest BCUT2D eigenvalue weighted by atomic mass is 9.99. The molecule has 0 aliphatic carbocycles. The summed E-state index contributed by atoms with van der Waals surface area (Å²) in [6.07, 6.45) is 1.95. The van der Waals surface area contributed by atoms with Crippen LogP contribution in [0.5, 0.6) is 0 Å². The zero-order valence-corrected chi connectivity index (χ0v) is 7.76. The number of nitrogens with zero attached hydrogens (tertiary/aromatic N) is 1. The van der Waals surface area contributed by atoms with E-state index in [1.807, 2.05) is 14.1 Å². The highest BCUT2D eigenvalue weighted by Gasteiger charge is 2.20. The molecule has 2 N–H and O–H groups in total. The molecular formula is C8H17N3O. The Labute approximate surface area is 73.4 Å². The Morgan fingerprint density at radius 3 is 2.58 bits per heavy atom. The number of ether oxygens (including phenoxy) is 1. The first kappa shape index (κ1) is 9.48. The highest BCUT2D eigenvalue weighted by molar-refractivity contribution is 5.81. The smallest absolute Gasteiger partial charge is 0.113 e. The minimum Gasteiger partial charge on any atom is -0.381 e. The molecule has 0 spiro atoms. The van der Waals surface area contributed by atoms with E-state index in [9.17, 15) is 0 Å². The zero-order chi connectivity index (χ0) is 8.97. The predicted octanol–water partition coefficient (Wildman–Crippen LogP) is 0.456. The first-order valence-corrected chi connectivity index (χ1v) is 4.33. The van der Waals surface area contributed by atoms with Crippen molar-refractivity contribution in [3.63, 3.8) is 0 Å². The average molecular weight is 171 g/mol. The van der Waals surface area contributed by atoms with Gasteiger partial charge in [0.15, 0.2) is 0 Å². The summed E-state index contributed by atoms with van der Waals surface area (Å²) in [5.41, 5.74) is 2.93. The summed E-state index contributed by atoms with van der Waals surface area (Å²) in [5, 5.41) is 9.56. The molecule has 0 aromatic heterocycles. The molecule has 1 heterocycles. The van der Waals surface area contributed by atoms with Gasteiger partial charge in [-0.1, -0.05) is 0 Å². The Kier molecular flexibility index (Phi) is 3.49. The highest BCUT2D eigenvalue weighted by Crippen LogP contribution is 2.16. The van der Waals surface area contributed by atoms with Crippen molar-refractivity contribution in [1.29, 1.82) is 5.41 Å². The number of nitrogens with one attached hydrogen (secondary N) is 2. The molecule has 4 nitrogen and oxygen atoms in total. The molecule has 1 aliphatic rings. The van der Waals surface area contributed by atoms with Gasteiger partial charge in [-0.2, -0.15) is 0 Å². The lowest BCUT2D eigenvalue weighted by molar-refractivity contribution is 0.0791. The molecule has 4 heteroatoms. The first-order valence-electron chi connectivity index (χ1n) is 4.33. The van der Waals surface area contributed by atoms with Crippen LogP contribution in [-0.2, 0) is 4.74 Å². The summed E-state index contributed by atoms with van der Waals surface area (Å²) in [4.78, 5) is 0. The predicted molar refractivity (Wildman–Crippen MR) is 48.1 cm³/mol. The summed E-state index contributed by atoms with van der Waals surface area (Å²) >= 11 is 0. The van der Waals surface area contributed by atoms with Crippen molar-refractivity contribution in [3.8, 4) is 0 Å². The normalized spacial score (nSPS) is 19.2. The number of rotatable bonds is 2. The minimum absolute atomic E-state index is 0.371. The van der Waals surface area contributed by atoms with Crippen molar-refractivity contribution < 1.29 is 4.74 Å². The molecule has 0 aromatic carbocycles. The SMILES string of the molecule is CNN(C)C(=N)C1CCOCC1. The van der Waals surface area contributed by atoms with E-state index in [4.69, 9.17) is 10.1 Å². The van der Waals surface area contributed by atoms with Crippen molar-refractivity contribution in [3.05, 3.63) is 0 Å². The van der Waals surface area contributed by atoms with Gasteiger partial charge < -0.3 is 4.74 Å². The van der Waals surface area contributed by atoms with E-state index in [1.54, 1.807) is 5.01 Å². The highest BCUT2D eigenvalue weighted by atomic mass is 16.5. The molecule has 0 aromatic rings. The maximum Gasteiger partial charge on any atom is 0.113 e. The van der Waals surface area contributed by atoms with Crippen LogP contribution in [0.3, 0.4) is 0 Å². The third kappa shape index (κ3) is 2.19. The van der Waals surface area contributed by atoms with Crippen LogP contribution in [0.25, 0.3) is 0 Å². The summed E-state index contributed by atoms with van der Waals surface area (Å²) in [7, 11) is 3.70. The van der Waals surface area contributed by atoms with Crippen LogP contribution in [0.15, 0.2) is 0 Å². The van der Waals surface area contributed by atoms with Crippen LogP contribution in [-0.4, -0.2) is 38.2 Å². The minimum atomic E-state index is 0.371. The van der Waals surface area contributed by atoms with Gasteiger partial charge in [0.25, 0.3) is 0 Å². The van der Waals surface area contributed by atoms with Gasteiger partial charge in [0.2, 0.25) is 0 Å². The number of hydrogen-bond acceptors (Lipinski definition) is 3. The van der Waals surface area contributed by atoms with Gasteiger partial charge in [0.1, 0.15) is 5.84 Å². The summed E-state index contributed by atoms with van der Waals surface area (Å²) < 4.78 is 5.23. The van der Waals surface area contributed by atoms with Crippen LogP contribution >= 0.6 is 0 Å². The monoisotopic (exact) mass is 171 g/mol. The van der Waals surface area contributed by atoms with Crippen LogP contribution in [0.4, 0.5) is 0 Å². The van der Waals surface area contributed by atoms with Crippen molar-refractivity contribution in [2.24, 2.45) is 5.92 Å². The Hall–Kier alpha value is -0.610. The molecule has 1 rings (SSSR count). The van der Waals surface area contributed by atoms with Crippen LogP contribution in [0, 0.1) is 11.3 Å². The molecule has 12 heavy (non-hydrogen) atoms. The summed E-state index contributed by atoms with van der Waals surface area (Å²) in [6.45, 7) is 1.59. The largest absolute Gasteiger partial charge is 0.381 e. The van der Waals surface area contributed by atoms with Gasteiger partial charge in [-0.15, -0.1) is 0 Å². The molecule has 0 radical (unpaired) electrons. The molecule has 1 fully saturated rings. The molecule has 1 aliphatic heterocycles. The molecule has 70 valence electrons. The van der Waals surface area contributed by atoms with Crippen LogP contribution < -0.4 is 5.43 Å². The Bertz CT molecular complexity index is 154. The Balaban J connectivity index is 2.39. The number of amidine groups is 1. The van der Waals surface area contributed by atoms with Crippen LogP contribution in [0.2, 0.25) is 0 Å². The lowest BCUT2D eigenvalue weighted by Crippen LogP contribution is -2.41. The van der Waals surface area contributed by atoms with E-state index >= 15 is 0 Å². The second kappa shape index (κ2) is 4.42. The summed E-state index contributed by atoms with van der Waals surface area (Å²) in [6, 6.07) is 0. The van der Waals surface area contributed by atoms with Gasteiger partial charge in [0.05, 0.1) is 0 Å². The molecule has 1 saturated heterocycles. The number of hydrogen-bond donors (Lipinski definition) is 2. The molecule has 0 amide bonds. The molecule has 0 atom stereocenters. The molecule has 0 unspecified atom stereocenters. The third-order valence-corrected chi connectivity index (χ3v) is 2.30. The van der Waals surface area contributed by atoms with Crippen molar-refractivity contribution in [2.75, 3.05) is 27.3 Å². The molecular weight excluding hydrogens is 154 g/mol. The van der Waals surface area contributed by atoms with Crippen LogP contribution in [0.1, 0.15) is 12.8 Å². The van der Waals surface area contributed by atoms with Gasteiger partial charge in [0, 0.05) is 33.2 Å². The van der Waals surface area contributed by atoms with Gasteiger partial charge in [-0.25, -0.2) is 5.43 Å². The van der Waals surface area contributed by atoms with Crippen molar-refractivity contribution >= 4 is 5.84 Å². The van der Waals surface area contributed by atoms with E-state index in [1.165, 1.54) is 0 Å². The third-order valence-electron chi connectivity index (χ3n) is 2.30. The quantitative estimate of drug-likeness (QED) is 0.360. The van der Waals surface area contributed by atoms with E-state index < -0.39 is 0 Å². The van der Waals surface area contributed by atoms with Gasteiger partial charge in [-0.3, -0.25) is 10.4 Å². The van der Waals surface area contributed by atoms with E-state index in [0.29, 0.717) is 11.8 Å². The topological polar surface area (TPSA) is 48.4 Å². The molecule has 0 saturated carbocycles. The number of hydrazine groups is 1.